The number of methoxy groups -OCH3 is 1. The molecule has 0 bridgehead atoms. The minimum absolute atomic E-state index is 0.216. The van der Waals surface area contributed by atoms with Gasteiger partial charge in [-0.2, -0.15) is 0 Å². The second-order valence-electron chi connectivity index (χ2n) is 1.77. The van der Waals surface area contributed by atoms with Crippen LogP contribution in [0.25, 0.3) is 9.69 Å². The lowest BCUT2D eigenvalue weighted by Crippen LogP contribution is -2.40. The molecule has 5 nitrogen and oxygen atoms in total. The first kappa shape index (κ1) is 9.41. The zero-order valence-corrected chi connectivity index (χ0v) is 6.15. The van der Waals surface area contributed by atoms with Gasteiger partial charge in [-0.1, -0.05) is 0 Å². The van der Waals surface area contributed by atoms with Crippen molar-refractivity contribution in [3.8, 4) is 13.1 Å². The molecule has 0 heterocycles. The van der Waals surface area contributed by atoms with Gasteiger partial charge in [0, 0.05) is 9.69 Å². The predicted molar refractivity (Wildman–Crippen MR) is 40.4 cm³/mol. The van der Waals surface area contributed by atoms with E-state index < -0.39 is 11.6 Å². The van der Waals surface area contributed by atoms with E-state index in [-0.39, 0.29) is 6.54 Å². The van der Waals surface area contributed by atoms with E-state index in [2.05, 4.69) is 14.4 Å². The Labute approximate surface area is 64.4 Å². The molecule has 0 atom stereocenters. The van der Waals surface area contributed by atoms with Crippen LogP contribution in [0.2, 0.25) is 0 Å². The van der Waals surface area contributed by atoms with Gasteiger partial charge in [0.25, 0.3) is 13.1 Å². The molecule has 0 fully saturated rings. The van der Waals surface area contributed by atoms with Crippen LogP contribution in [0, 0.1) is 13.1 Å². The molecule has 0 rings (SSSR count). The van der Waals surface area contributed by atoms with Gasteiger partial charge < -0.3 is 10.5 Å². The summed E-state index contributed by atoms with van der Waals surface area (Å²) in [5.41, 5.74) is 3.51. The molecule has 58 valence electrons. The maximum absolute atomic E-state index is 10.9. The number of carbonyl (C=O) groups excluding carboxylic acids is 1. The zero-order valence-electron chi connectivity index (χ0n) is 6.15. The van der Waals surface area contributed by atoms with Gasteiger partial charge in [-0.15, -0.1) is 0 Å². The van der Waals surface area contributed by atoms with Crippen LogP contribution in [-0.4, -0.2) is 25.3 Å². The molecular formula is C6H9N3O2+2. The second kappa shape index (κ2) is 3.55. The summed E-state index contributed by atoms with van der Waals surface area (Å²) in [5.74, 6) is -0.773. The minimum atomic E-state index is -1.64. The van der Waals surface area contributed by atoms with E-state index in [0.717, 1.165) is 0 Å². The van der Waals surface area contributed by atoms with E-state index in [1.54, 1.807) is 0 Å². The third-order valence-electron chi connectivity index (χ3n) is 1.22. The Morgan fingerprint density at radius 2 is 2.09 bits per heavy atom. The van der Waals surface area contributed by atoms with Crippen molar-refractivity contribution in [2.24, 2.45) is 5.73 Å². The van der Waals surface area contributed by atoms with E-state index in [1.807, 2.05) is 0 Å². The summed E-state index contributed by atoms with van der Waals surface area (Å²) in [7, 11) is 1.17. The highest BCUT2D eigenvalue weighted by molar-refractivity contribution is 5.85. The van der Waals surface area contributed by atoms with Gasteiger partial charge in [0.05, 0.1) is 7.11 Å². The van der Waals surface area contributed by atoms with Crippen molar-refractivity contribution in [2.45, 2.75) is 5.66 Å². The normalized spacial score (nSPS) is 9.45. The van der Waals surface area contributed by atoms with Gasteiger partial charge in [0.15, 0.2) is 6.54 Å². The average molecular weight is 155 g/mol. The van der Waals surface area contributed by atoms with Crippen molar-refractivity contribution in [2.75, 3.05) is 13.7 Å². The fourth-order valence-electron chi connectivity index (χ4n) is 0.491. The highest BCUT2D eigenvalue weighted by Crippen LogP contribution is 2.12. The van der Waals surface area contributed by atoms with Crippen molar-refractivity contribution >= 4 is 5.97 Å². The Morgan fingerprint density at radius 3 is 2.18 bits per heavy atom. The number of ether oxygens (including phenoxy) is 1. The number of hydrogen-bond acceptors (Lipinski definition) is 3. The van der Waals surface area contributed by atoms with Crippen molar-refractivity contribution in [1.29, 1.82) is 0 Å². The highest BCUT2D eigenvalue weighted by atomic mass is 16.5. The number of esters is 1. The second-order valence-corrected chi connectivity index (χ2v) is 1.77. The van der Waals surface area contributed by atoms with E-state index >= 15 is 0 Å². The SMILES string of the molecule is C#[N+]C(CN)([N+]#C)C(=O)OC. The van der Waals surface area contributed by atoms with E-state index in [1.165, 1.54) is 7.11 Å². The van der Waals surface area contributed by atoms with Gasteiger partial charge in [0.1, 0.15) is 0 Å². The quantitative estimate of drug-likeness (QED) is 0.559. The zero-order chi connectivity index (χ0) is 8.91. The van der Waals surface area contributed by atoms with Crippen LogP contribution in [0.1, 0.15) is 0 Å². The molecule has 0 saturated carbocycles. The smallest absolute Gasteiger partial charge is 0.456 e. The predicted octanol–water partition coefficient (Wildman–Crippen LogP) is -0.260. The first-order valence-electron chi connectivity index (χ1n) is 2.79. The monoisotopic (exact) mass is 155 g/mol. The molecule has 0 amide bonds. The first-order chi connectivity index (χ1) is 5.16. The summed E-state index contributed by atoms with van der Waals surface area (Å²) < 4.78 is 4.32. The highest BCUT2D eigenvalue weighted by Gasteiger charge is 2.61. The van der Waals surface area contributed by atoms with Crippen molar-refractivity contribution in [3.05, 3.63) is 9.69 Å². The summed E-state index contributed by atoms with van der Waals surface area (Å²) in [6.07, 6.45) is 0. The van der Waals surface area contributed by atoms with Crippen LogP contribution < -0.4 is 5.73 Å². The van der Waals surface area contributed by atoms with Gasteiger partial charge in [-0.3, -0.25) is 0 Å². The van der Waals surface area contributed by atoms with Crippen molar-refractivity contribution in [1.82, 2.24) is 0 Å². The van der Waals surface area contributed by atoms with Crippen LogP contribution in [-0.2, 0) is 9.53 Å². The summed E-state index contributed by atoms with van der Waals surface area (Å²) in [6, 6.07) is 0. The molecule has 11 heavy (non-hydrogen) atoms. The molecule has 0 spiro atoms. The average Bonchev–Trinajstić information content (AvgIpc) is 2.08. The topological polar surface area (TPSA) is 61.0 Å². The Bertz CT molecular complexity index is 221. The van der Waals surface area contributed by atoms with Gasteiger partial charge >= 0.3 is 11.6 Å². The summed E-state index contributed by atoms with van der Waals surface area (Å²) >= 11 is 0. The van der Waals surface area contributed by atoms with Gasteiger partial charge in [-0.25, -0.2) is 4.79 Å². The van der Waals surface area contributed by atoms with Crippen LogP contribution in [0.4, 0.5) is 0 Å². The first-order valence-corrected chi connectivity index (χ1v) is 2.79. The maximum atomic E-state index is 10.9. The van der Waals surface area contributed by atoms with Crippen LogP contribution in [0.5, 0.6) is 0 Å². The van der Waals surface area contributed by atoms with E-state index in [0.29, 0.717) is 0 Å². The molecule has 0 aliphatic rings. The fraction of sp³-hybridized carbons (Fsp3) is 0.500. The number of nitrogens with two attached hydrogens (primary N) is 1. The Kier molecular flexibility index (Phi) is 3.03. The summed E-state index contributed by atoms with van der Waals surface area (Å²) in [4.78, 5) is 17.1. The summed E-state index contributed by atoms with van der Waals surface area (Å²) in [5, 5.41) is 0. The lowest BCUT2D eigenvalue weighted by Gasteiger charge is -1.95. The fourth-order valence-corrected chi connectivity index (χ4v) is 0.491. The minimum Gasteiger partial charge on any atom is -0.456 e. The molecule has 0 aromatic heterocycles. The van der Waals surface area contributed by atoms with Crippen molar-refractivity contribution < 1.29 is 9.53 Å². The molecule has 2 N–H and O–H groups in total. The van der Waals surface area contributed by atoms with Gasteiger partial charge in [-0.05, 0) is 0 Å². The number of nitrogens with zero attached hydrogens (tertiary/aromatic N) is 2. The molecular weight excluding hydrogens is 146 g/mol. The Balaban J connectivity index is 4.77. The summed E-state index contributed by atoms with van der Waals surface area (Å²) in [6.45, 7) is 9.54. The number of rotatable bonds is 2. The van der Waals surface area contributed by atoms with E-state index in [4.69, 9.17) is 18.9 Å². The van der Waals surface area contributed by atoms with Crippen molar-refractivity contribution in [3.63, 3.8) is 0 Å². The molecule has 0 aromatic carbocycles. The standard InChI is InChI=1S/C6H9N3O2/c1-8-6(4-7,9-2)5(10)11-3/h1-2H,4,7H2,3H3/q+2. The largest absolute Gasteiger partial charge is 0.669 e. The molecule has 0 aromatic rings. The molecule has 0 unspecified atom stereocenters. The Hall–Kier alpha value is -1.59. The maximum Gasteiger partial charge on any atom is 0.669 e. The van der Waals surface area contributed by atoms with Crippen LogP contribution >= 0.6 is 0 Å². The molecule has 5 heteroatoms. The number of hydrogen-bond donors (Lipinski definition) is 1. The number of carbonyl (C=O) groups is 1. The van der Waals surface area contributed by atoms with Crippen LogP contribution in [0.3, 0.4) is 0 Å². The molecule has 0 radical (unpaired) electrons. The molecule has 0 saturated heterocycles. The Morgan fingerprint density at radius 1 is 1.64 bits per heavy atom. The van der Waals surface area contributed by atoms with E-state index in [9.17, 15) is 4.79 Å². The lowest BCUT2D eigenvalue weighted by molar-refractivity contribution is -0.143. The third-order valence-corrected chi connectivity index (χ3v) is 1.22. The molecule has 0 aliphatic carbocycles. The van der Waals surface area contributed by atoms with Gasteiger partial charge in [0.2, 0.25) is 0 Å². The third kappa shape index (κ3) is 1.46. The van der Waals surface area contributed by atoms with Crippen LogP contribution in [0.15, 0.2) is 0 Å². The lowest BCUT2D eigenvalue weighted by atomic mass is 10.2. The molecule has 0 aliphatic heterocycles.